The lowest BCUT2D eigenvalue weighted by atomic mass is 10.0. The summed E-state index contributed by atoms with van der Waals surface area (Å²) in [6.45, 7) is 5.64. The van der Waals surface area contributed by atoms with Crippen molar-refractivity contribution in [3.63, 3.8) is 0 Å². The van der Waals surface area contributed by atoms with Crippen LogP contribution in [0.1, 0.15) is 45.9 Å². The van der Waals surface area contributed by atoms with Crippen molar-refractivity contribution in [2.45, 2.75) is 52.5 Å². The number of aromatic amines is 1. The Morgan fingerprint density at radius 1 is 1.45 bits per heavy atom. The van der Waals surface area contributed by atoms with E-state index in [0.717, 1.165) is 12.8 Å². The minimum atomic E-state index is -0.755. The Labute approximate surface area is 118 Å². The zero-order valence-corrected chi connectivity index (χ0v) is 12.3. The van der Waals surface area contributed by atoms with Gasteiger partial charge in [-0.15, -0.1) is 0 Å². The van der Waals surface area contributed by atoms with Crippen LogP contribution in [0.3, 0.4) is 0 Å². The summed E-state index contributed by atoms with van der Waals surface area (Å²) in [5.41, 5.74) is -0.161. The van der Waals surface area contributed by atoms with E-state index in [4.69, 9.17) is 5.11 Å². The van der Waals surface area contributed by atoms with Crippen molar-refractivity contribution in [2.75, 3.05) is 5.32 Å². The number of carbonyl (C=O) groups is 1. The van der Waals surface area contributed by atoms with Gasteiger partial charge in [0.25, 0.3) is 5.56 Å². The van der Waals surface area contributed by atoms with Gasteiger partial charge in [-0.2, -0.15) is 0 Å². The number of rotatable bonds is 8. The maximum atomic E-state index is 11.4. The second kappa shape index (κ2) is 7.67. The van der Waals surface area contributed by atoms with Crippen LogP contribution >= 0.6 is 0 Å². The van der Waals surface area contributed by atoms with Gasteiger partial charge >= 0.3 is 5.97 Å². The number of anilines is 1. The average molecular weight is 281 g/mol. The SMILES string of the molecule is CCc1nc(NC(C)CCCC(C)C(=O)O)cc(=O)[nH]1. The fraction of sp³-hybridized carbons (Fsp3) is 0.643. The molecule has 3 N–H and O–H groups in total. The minimum absolute atomic E-state index is 0.148. The molecule has 0 bridgehead atoms. The van der Waals surface area contributed by atoms with Crippen LogP contribution in [-0.2, 0) is 11.2 Å². The average Bonchev–Trinajstić information content (AvgIpc) is 2.37. The molecule has 6 heteroatoms. The molecule has 2 atom stereocenters. The molecule has 112 valence electrons. The molecule has 0 amide bonds. The summed E-state index contributed by atoms with van der Waals surface area (Å²) >= 11 is 0. The number of aliphatic carboxylic acids is 1. The second-order valence-corrected chi connectivity index (χ2v) is 5.15. The van der Waals surface area contributed by atoms with Crippen molar-refractivity contribution < 1.29 is 9.90 Å². The van der Waals surface area contributed by atoms with Crippen LogP contribution in [0.25, 0.3) is 0 Å². The molecule has 1 rings (SSSR count). The van der Waals surface area contributed by atoms with Crippen LogP contribution in [0, 0.1) is 5.92 Å². The molecule has 0 saturated carbocycles. The van der Waals surface area contributed by atoms with E-state index in [0.29, 0.717) is 24.5 Å². The Hall–Kier alpha value is -1.85. The molecule has 1 heterocycles. The molecule has 0 aliphatic rings. The Kier molecular flexibility index (Phi) is 6.21. The van der Waals surface area contributed by atoms with Crippen LogP contribution in [-0.4, -0.2) is 27.1 Å². The monoisotopic (exact) mass is 281 g/mol. The van der Waals surface area contributed by atoms with E-state index < -0.39 is 5.97 Å². The fourth-order valence-electron chi connectivity index (χ4n) is 1.93. The third-order valence-corrected chi connectivity index (χ3v) is 3.22. The topological polar surface area (TPSA) is 95.1 Å². The summed E-state index contributed by atoms with van der Waals surface area (Å²) in [7, 11) is 0. The molecule has 1 aromatic heterocycles. The van der Waals surface area contributed by atoms with E-state index in [-0.39, 0.29) is 17.5 Å². The zero-order valence-electron chi connectivity index (χ0n) is 12.3. The van der Waals surface area contributed by atoms with E-state index in [9.17, 15) is 9.59 Å². The second-order valence-electron chi connectivity index (χ2n) is 5.15. The normalized spacial score (nSPS) is 13.8. The number of H-pyrrole nitrogens is 1. The van der Waals surface area contributed by atoms with Crippen LogP contribution < -0.4 is 10.9 Å². The highest BCUT2D eigenvalue weighted by atomic mass is 16.4. The maximum absolute atomic E-state index is 11.4. The summed E-state index contributed by atoms with van der Waals surface area (Å²) in [5.74, 6) is 0.164. The Morgan fingerprint density at radius 3 is 2.75 bits per heavy atom. The molecule has 0 radical (unpaired) electrons. The van der Waals surface area contributed by atoms with Crippen molar-refractivity contribution in [1.82, 2.24) is 9.97 Å². The highest BCUT2D eigenvalue weighted by Crippen LogP contribution is 2.12. The number of hydrogen-bond donors (Lipinski definition) is 3. The van der Waals surface area contributed by atoms with E-state index in [2.05, 4.69) is 15.3 Å². The fourth-order valence-corrected chi connectivity index (χ4v) is 1.93. The number of aromatic nitrogens is 2. The molecular weight excluding hydrogens is 258 g/mol. The first-order valence-electron chi connectivity index (χ1n) is 7.02. The van der Waals surface area contributed by atoms with Gasteiger partial charge in [-0.3, -0.25) is 9.59 Å². The van der Waals surface area contributed by atoms with Gasteiger partial charge in [-0.05, 0) is 19.8 Å². The van der Waals surface area contributed by atoms with Gasteiger partial charge in [0.2, 0.25) is 0 Å². The molecule has 0 aliphatic heterocycles. The van der Waals surface area contributed by atoms with E-state index >= 15 is 0 Å². The van der Waals surface area contributed by atoms with Gasteiger partial charge in [-0.1, -0.05) is 20.3 Å². The first-order valence-corrected chi connectivity index (χ1v) is 7.02. The van der Waals surface area contributed by atoms with Crippen LogP contribution in [0.5, 0.6) is 0 Å². The molecule has 1 aromatic rings. The maximum Gasteiger partial charge on any atom is 0.306 e. The van der Waals surface area contributed by atoms with Crippen molar-refractivity contribution in [2.24, 2.45) is 5.92 Å². The predicted octanol–water partition coefficient (Wildman–Crippen LogP) is 2.02. The van der Waals surface area contributed by atoms with E-state index in [1.54, 1.807) is 6.92 Å². The third kappa shape index (κ3) is 5.42. The smallest absolute Gasteiger partial charge is 0.306 e. The Bertz CT molecular complexity index is 499. The molecule has 0 spiro atoms. The van der Waals surface area contributed by atoms with E-state index in [1.807, 2.05) is 13.8 Å². The summed E-state index contributed by atoms with van der Waals surface area (Å²) in [6, 6.07) is 1.59. The predicted molar refractivity (Wildman–Crippen MR) is 78.0 cm³/mol. The number of aryl methyl sites for hydroxylation is 1. The lowest BCUT2D eigenvalue weighted by molar-refractivity contribution is -0.141. The first kappa shape index (κ1) is 16.2. The van der Waals surface area contributed by atoms with Crippen LogP contribution in [0.4, 0.5) is 5.82 Å². The summed E-state index contributed by atoms with van der Waals surface area (Å²) in [4.78, 5) is 29.1. The van der Waals surface area contributed by atoms with E-state index in [1.165, 1.54) is 6.07 Å². The van der Waals surface area contributed by atoms with Crippen molar-refractivity contribution in [3.05, 3.63) is 22.2 Å². The molecule has 0 aromatic carbocycles. The lowest BCUT2D eigenvalue weighted by Gasteiger charge is -2.15. The van der Waals surface area contributed by atoms with Gasteiger partial charge in [0.1, 0.15) is 11.6 Å². The molecule has 6 nitrogen and oxygen atoms in total. The minimum Gasteiger partial charge on any atom is -0.481 e. The summed E-state index contributed by atoms with van der Waals surface area (Å²) in [5, 5.41) is 12.0. The number of hydrogen-bond acceptors (Lipinski definition) is 4. The standard InChI is InChI=1S/C14H23N3O3/c1-4-11-16-12(8-13(18)17-11)15-10(3)7-5-6-9(2)14(19)20/h8-10H,4-7H2,1-3H3,(H,19,20)(H2,15,16,17,18). The van der Waals surface area contributed by atoms with Crippen molar-refractivity contribution in [1.29, 1.82) is 0 Å². The number of carboxylic acid groups (broad SMARTS) is 1. The van der Waals surface area contributed by atoms with Crippen LogP contribution in [0.2, 0.25) is 0 Å². The van der Waals surface area contributed by atoms with Gasteiger partial charge in [0.05, 0.1) is 5.92 Å². The zero-order chi connectivity index (χ0) is 15.1. The molecular formula is C14H23N3O3. The summed E-state index contributed by atoms with van der Waals surface area (Å²) < 4.78 is 0. The highest BCUT2D eigenvalue weighted by Gasteiger charge is 2.11. The molecule has 0 fully saturated rings. The Morgan fingerprint density at radius 2 is 2.15 bits per heavy atom. The number of nitrogens with one attached hydrogen (secondary N) is 2. The Balaban J connectivity index is 2.46. The molecule has 0 saturated heterocycles. The lowest BCUT2D eigenvalue weighted by Crippen LogP contribution is -2.20. The number of nitrogens with zero attached hydrogens (tertiary/aromatic N) is 1. The molecule has 0 aliphatic carbocycles. The third-order valence-electron chi connectivity index (χ3n) is 3.22. The highest BCUT2D eigenvalue weighted by molar-refractivity contribution is 5.69. The number of carboxylic acids is 1. The van der Waals surface area contributed by atoms with Gasteiger partial charge in [0.15, 0.2) is 0 Å². The van der Waals surface area contributed by atoms with Gasteiger partial charge in [0, 0.05) is 18.5 Å². The quantitative estimate of drug-likeness (QED) is 0.677. The van der Waals surface area contributed by atoms with Gasteiger partial charge in [-0.25, -0.2) is 4.98 Å². The molecule has 2 unspecified atom stereocenters. The summed E-state index contributed by atoms with van der Waals surface area (Å²) in [6.07, 6.45) is 3.00. The first-order chi connectivity index (χ1) is 9.42. The van der Waals surface area contributed by atoms with Gasteiger partial charge < -0.3 is 15.4 Å². The van der Waals surface area contributed by atoms with Crippen molar-refractivity contribution >= 4 is 11.8 Å². The molecule has 20 heavy (non-hydrogen) atoms. The largest absolute Gasteiger partial charge is 0.481 e. The van der Waals surface area contributed by atoms with Crippen LogP contribution in [0.15, 0.2) is 10.9 Å². The van der Waals surface area contributed by atoms with Crippen molar-refractivity contribution in [3.8, 4) is 0 Å².